The molecule has 0 radical (unpaired) electrons. The van der Waals surface area contributed by atoms with Crippen LogP contribution in [0.1, 0.15) is 64.2 Å². The molecule has 0 aliphatic carbocycles. The van der Waals surface area contributed by atoms with Crippen LogP contribution in [-0.2, 0) is 10.8 Å². The topological polar surface area (TPSA) is 18.5 Å². The predicted octanol–water partition coefficient (Wildman–Crippen LogP) is 6.38. The maximum atomic E-state index is 6.74. The Morgan fingerprint density at radius 3 is 2.38 bits per heavy atom. The predicted molar refractivity (Wildman–Crippen MR) is 126 cm³/mol. The van der Waals surface area contributed by atoms with Gasteiger partial charge < -0.3 is 9.16 Å². The van der Waals surface area contributed by atoms with Gasteiger partial charge in [0.1, 0.15) is 11.9 Å². The van der Waals surface area contributed by atoms with Crippen molar-refractivity contribution in [3.63, 3.8) is 0 Å². The maximum absolute atomic E-state index is 6.74. The Balaban J connectivity index is 3.29. The largest absolute Gasteiger partial charge is 0.496 e. The van der Waals surface area contributed by atoms with Crippen molar-refractivity contribution in [2.45, 2.75) is 77.6 Å². The second-order valence-electron chi connectivity index (χ2n) is 9.04. The molecule has 0 spiro atoms. The molecule has 0 amide bonds. The Bertz CT molecular complexity index is 806. The van der Waals surface area contributed by atoms with Gasteiger partial charge in [-0.05, 0) is 42.1 Å². The number of benzene rings is 1. The summed E-state index contributed by atoms with van der Waals surface area (Å²) < 4.78 is 12.3. The fraction of sp³-hybridized carbons (Fsp3) is 0.538. The fourth-order valence-corrected chi connectivity index (χ4v) is 3.87. The van der Waals surface area contributed by atoms with Gasteiger partial charge in [0.05, 0.1) is 7.11 Å². The SMILES string of the molecule is C#CCc1c(OC)cccc1C(C#CCC[C@@H](C)CC#C)O[Si](C)(C)C(C)(C)C. The van der Waals surface area contributed by atoms with E-state index >= 15 is 0 Å². The molecule has 3 heteroatoms. The molecule has 0 aliphatic heterocycles. The van der Waals surface area contributed by atoms with E-state index in [4.69, 9.17) is 22.0 Å². The molecule has 0 N–H and O–H groups in total. The van der Waals surface area contributed by atoms with E-state index in [0.717, 1.165) is 36.1 Å². The maximum Gasteiger partial charge on any atom is 0.194 e. The van der Waals surface area contributed by atoms with Crippen molar-refractivity contribution in [2.75, 3.05) is 7.11 Å². The van der Waals surface area contributed by atoms with Gasteiger partial charge in [0.15, 0.2) is 8.32 Å². The van der Waals surface area contributed by atoms with Crippen LogP contribution in [0.15, 0.2) is 18.2 Å². The van der Waals surface area contributed by atoms with Gasteiger partial charge in [0.25, 0.3) is 0 Å². The fourth-order valence-electron chi connectivity index (χ4n) is 2.74. The third-order valence-corrected chi connectivity index (χ3v) is 10.1. The number of rotatable bonds is 8. The summed E-state index contributed by atoms with van der Waals surface area (Å²) in [5.74, 6) is 13.5. The number of terminal acetylenes is 2. The first-order valence-corrected chi connectivity index (χ1v) is 13.2. The molecule has 0 saturated carbocycles. The lowest BCUT2D eigenvalue weighted by atomic mass is 9.98. The standard InChI is InChI=1S/C26H36O2Si/c1-10-15-21(3)17-12-13-19-25(28-29(8,9)26(4,5)6)23-18-14-20-24(27-7)22(23)16-11-2/h1-2,14,18,20-21,25H,12,15-17H2,3-9H3/t21-,25?/m0/s1. The molecule has 156 valence electrons. The van der Waals surface area contributed by atoms with Gasteiger partial charge in [-0.3, -0.25) is 0 Å². The van der Waals surface area contributed by atoms with Crippen molar-refractivity contribution in [1.82, 2.24) is 0 Å². The zero-order valence-electron chi connectivity index (χ0n) is 19.2. The van der Waals surface area contributed by atoms with Gasteiger partial charge in [-0.1, -0.05) is 45.7 Å². The number of hydrogen-bond acceptors (Lipinski definition) is 2. The van der Waals surface area contributed by atoms with Gasteiger partial charge in [-0.25, -0.2) is 0 Å². The molecule has 1 unspecified atom stereocenters. The average Bonchev–Trinajstić information content (AvgIpc) is 2.64. The minimum Gasteiger partial charge on any atom is -0.496 e. The van der Waals surface area contributed by atoms with Crippen LogP contribution >= 0.6 is 0 Å². The highest BCUT2D eigenvalue weighted by atomic mass is 28.4. The first kappa shape index (κ1) is 24.9. The Morgan fingerprint density at radius 1 is 1.14 bits per heavy atom. The van der Waals surface area contributed by atoms with Crippen molar-refractivity contribution >= 4 is 8.32 Å². The molecule has 1 aromatic carbocycles. The van der Waals surface area contributed by atoms with E-state index in [2.05, 4.69) is 70.5 Å². The van der Waals surface area contributed by atoms with Crippen molar-refractivity contribution in [3.8, 4) is 42.3 Å². The molecule has 2 nitrogen and oxygen atoms in total. The van der Waals surface area contributed by atoms with Crippen molar-refractivity contribution in [3.05, 3.63) is 29.3 Å². The smallest absolute Gasteiger partial charge is 0.194 e. The Morgan fingerprint density at radius 2 is 1.83 bits per heavy atom. The van der Waals surface area contributed by atoms with Gasteiger partial charge in [-0.2, -0.15) is 0 Å². The van der Waals surface area contributed by atoms with Crippen molar-refractivity contribution in [1.29, 1.82) is 0 Å². The Kier molecular flexibility index (Phi) is 9.59. The Hall–Kier alpha value is -2.12. The molecule has 0 aliphatic rings. The van der Waals surface area contributed by atoms with Crippen LogP contribution < -0.4 is 4.74 Å². The zero-order chi connectivity index (χ0) is 22.1. The number of methoxy groups -OCH3 is 1. The molecule has 0 heterocycles. The van der Waals surface area contributed by atoms with Gasteiger partial charge in [0, 0.05) is 24.8 Å². The van der Waals surface area contributed by atoms with Crippen LogP contribution in [0.2, 0.25) is 18.1 Å². The molecule has 1 rings (SSSR count). The van der Waals surface area contributed by atoms with E-state index in [1.165, 1.54) is 0 Å². The van der Waals surface area contributed by atoms with Crippen LogP contribution in [0.4, 0.5) is 0 Å². The first-order valence-electron chi connectivity index (χ1n) is 10.3. The summed E-state index contributed by atoms with van der Waals surface area (Å²) in [6.45, 7) is 13.4. The Labute approximate surface area is 179 Å². The average molecular weight is 409 g/mol. The summed E-state index contributed by atoms with van der Waals surface area (Å²) in [6, 6.07) is 5.98. The van der Waals surface area contributed by atoms with Crippen LogP contribution in [0, 0.1) is 42.4 Å². The quantitative estimate of drug-likeness (QED) is 0.367. The second kappa shape index (κ2) is 11.2. The van der Waals surface area contributed by atoms with E-state index in [1.807, 2.05) is 12.1 Å². The molecule has 0 fully saturated rings. The summed E-state index contributed by atoms with van der Waals surface area (Å²) in [6.07, 6.45) is 13.8. The van der Waals surface area contributed by atoms with E-state index in [-0.39, 0.29) is 11.1 Å². The second-order valence-corrected chi connectivity index (χ2v) is 13.8. The van der Waals surface area contributed by atoms with Crippen LogP contribution in [0.3, 0.4) is 0 Å². The lowest BCUT2D eigenvalue weighted by molar-refractivity contribution is 0.236. The minimum absolute atomic E-state index is 0.0827. The highest BCUT2D eigenvalue weighted by molar-refractivity contribution is 6.74. The minimum atomic E-state index is -2.04. The van der Waals surface area contributed by atoms with E-state index in [1.54, 1.807) is 7.11 Å². The van der Waals surface area contributed by atoms with E-state index < -0.39 is 8.32 Å². The van der Waals surface area contributed by atoms with Crippen LogP contribution in [0.25, 0.3) is 0 Å². The summed E-state index contributed by atoms with van der Waals surface area (Å²) in [5, 5.41) is 0.0827. The molecule has 0 bridgehead atoms. The summed E-state index contributed by atoms with van der Waals surface area (Å²) in [5.41, 5.74) is 1.99. The third kappa shape index (κ3) is 7.33. The summed E-state index contributed by atoms with van der Waals surface area (Å²) >= 11 is 0. The molecular formula is C26H36O2Si. The normalized spacial score (nSPS) is 13.4. The molecule has 0 aromatic heterocycles. The first-order chi connectivity index (χ1) is 13.6. The lowest BCUT2D eigenvalue weighted by Crippen LogP contribution is -2.41. The summed E-state index contributed by atoms with van der Waals surface area (Å²) in [7, 11) is -0.372. The third-order valence-electron chi connectivity index (χ3n) is 5.63. The highest BCUT2D eigenvalue weighted by Gasteiger charge is 2.39. The van der Waals surface area contributed by atoms with Crippen molar-refractivity contribution in [2.24, 2.45) is 5.92 Å². The van der Waals surface area contributed by atoms with Crippen LogP contribution in [0.5, 0.6) is 5.75 Å². The summed E-state index contributed by atoms with van der Waals surface area (Å²) in [4.78, 5) is 0. The van der Waals surface area contributed by atoms with Crippen LogP contribution in [-0.4, -0.2) is 15.4 Å². The molecule has 1 aromatic rings. The van der Waals surface area contributed by atoms with E-state index in [9.17, 15) is 0 Å². The zero-order valence-corrected chi connectivity index (χ0v) is 20.2. The van der Waals surface area contributed by atoms with Gasteiger partial charge in [0.2, 0.25) is 0 Å². The molecular weight excluding hydrogens is 372 g/mol. The monoisotopic (exact) mass is 408 g/mol. The number of hydrogen-bond donors (Lipinski definition) is 0. The highest BCUT2D eigenvalue weighted by Crippen LogP contribution is 2.41. The number of ether oxygens (including phenoxy) is 1. The van der Waals surface area contributed by atoms with Gasteiger partial charge >= 0.3 is 0 Å². The van der Waals surface area contributed by atoms with E-state index in [0.29, 0.717) is 12.3 Å². The molecule has 2 atom stereocenters. The molecule has 0 saturated heterocycles. The molecule has 29 heavy (non-hydrogen) atoms. The van der Waals surface area contributed by atoms with Crippen molar-refractivity contribution < 1.29 is 9.16 Å². The van der Waals surface area contributed by atoms with Gasteiger partial charge in [-0.15, -0.1) is 30.6 Å². The lowest BCUT2D eigenvalue weighted by Gasteiger charge is -2.38.